The van der Waals surface area contributed by atoms with E-state index in [4.69, 9.17) is 0 Å². The molecule has 0 heterocycles. The van der Waals surface area contributed by atoms with Crippen LogP contribution >= 0.6 is 25.5 Å². The van der Waals surface area contributed by atoms with Crippen molar-refractivity contribution < 1.29 is 54.5 Å². The minimum absolute atomic E-state index is 0. The summed E-state index contributed by atoms with van der Waals surface area (Å²) in [6.07, 6.45) is 0. The van der Waals surface area contributed by atoms with E-state index in [9.17, 15) is 0 Å². The molecule has 0 saturated carbocycles. The molecule has 0 aliphatic carbocycles. The third-order valence-electron chi connectivity index (χ3n) is 10.1. The fourth-order valence-corrected chi connectivity index (χ4v) is 12.4. The number of benzene rings is 9. The van der Waals surface area contributed by atoms with Gasteiger partial charge < -0.3 is 37.2 Å². The summed E-state index contributed by atoms with van der Waals surface area (Å²) in [5.41, 5.74) is 4.11. The average Bonchev–Trinajstić information content (AvgIpc) is 3.29. The third-order valence-corrected chi connectivity index (χ3v) is 15.0. The first-order chi connectivity index (χ1) is 28.2. The molecule has 0 N–H and O–H groups in total. The van der Waals surface area contributed by atoms with E-state index in [1.165, 1.54) is 70.1 Å². The molecule has 0 radical (unpaired) electrons. The van der Waals surface area contributed by atoms with Gasteiger partial charge in [0, 0.05) is 0 Å². The van der Waals surface area contributed by atoms with Crippen LogP contribution in [0.1, 0.15) is 25.3 Å². The molecule has 9 aromatic rings. The first-order valence-corrected chi connectivity index (χ1v) is 24.1. The second-order valence-electron chi connectivity index (χ2n) is 13.9. The Morgan fingerprint density at radius 3 is 0.883 bits per heavy atom. The van der Waals surface area contributed by atoms with Gasteiger partial charge in [0.05, 0.1) is 0 Å². The van der Waals surface area contributed by atoms with Crippen LogP contribution in [0.5, 0.6) is 0 Å². The molecule has 0 aromatic heterocycles. The van der Waals surface area contributed by atoms with Crippen molar-refractivity contribution in [3.8, 4) is 11.1 Å². The van der Waals surface area contributed by atoms with Crippen molar-refractivity contribution in [1.29, 1.82) is 0 Å². The van der Waals surface area contributed by atoms with Crippen molar-refractivity contribution in [2.45, 2.75) is 19.8 Å². The van der Waals surface area contributed by atoms with Crippen LogP contribution in [0.2, 0.25) is 0 Å². The average molecular weight is 986 g/mol. The van der Waals surface area contributed by atoms with Gasteiger partial charge >= 0.3 is 27.0 Å². The molecule has 0 fully saturated rings. The van der Waals surface area contributed by atoms with Gasteiger partial charge in [0.2, 0.25) is 0 Å². The summed E-state index contributed by atoms with van der Waals surface area (Å²) in [4.78, 5) is 0. The summed E-state index contributed by atoms with van der Waals surface area (Å²) in [6, 6.07) is 82.3. The summed E-state index contributed by atoms with van der Waals surface area (Å²) < 4.78 is 0. The Labute approximate surface area is 391 Å². The van der Waals surface area contributed by atoms with Crippen molar-refractivity contribution in [1.82, 2.24) is 0 Å². The second-order valence-corrected chi connectivity index (χ2v) is 18.3. The second kappa shape index (κ2) is 24.6. The number of hydrogen-bond acceptors (Lipinski definition) is 0. The summed E-state index contributed by atoms with van der Waals surface area (Å²) >= 11 is 1.82. The van der Waals surface area contributed by atoms with Crippen LogP contribution in [0.25, 0.3) is 32.7 Å². The van der Waals surface area contributed by atoms with Gasteiger partial charge in [-0.1, -0.05) is 238 Å². The van der Waals surface area contributed by atoms with Gasteiger partial charge in [0.25, 0.3) is 0 Å². The normalized spacial score (nSPS) is 10.4. The molecule has 302 valence electrons. The Hall–Kier alpha value is -3.86. The summed E-state index contributed by atoms with van der Waals surface area (Å²) in [5, 5.41) is 13.3. The van der Waals surface area contributed by atoms with Gasteiger partial charge in [-0.3, -0.25) is 0 Å². The number of rotatable bonds is 8. The molecule has 0 aliphatic heterocycles. The smallest absolute Gasteiger partial charge is 0.000884 e. The summed E-state index contributed by atoms with van der Waals surface area (Å²) in [6.45, 7) is 4.41. The van der Waals surface area contributed by atoms with Gasteiger partial charge in [-0.05, 0) is 91.8 Å². The molecule has 0 saturated heterocycles. The number of hydrogen-bond donors (Lipinski definition) is 0. The van der Waals surface area contributed by atoms with Crippen molar-refractivity contribution in [2.24, 2.45) is 0 Å². The Kier molecular flexibility index (Phi) is 20.0. The molecule has 9 rings (SSSR count). The minimum Gasteiger partial charge on any atom is -0.0622 e. The Morgan fingerprint density at radius 1 is 0.333 bits per heavy atom. The molecule has 60 heavy (non-hydrogen) atoms. The zero-order valence-electron chi connectivity index (χ0n) is 33.2. The maximum Gasteiger partial charge on any atom is -0.000884 e. The van der Waals surface area contributed by atoms with E-state index in [0.717, 1.165) is 0 Å². The standard InChI is InChI=1S/C44H32P2.C9H12.4ClH.Ru/c1-5-19-35(20-6-1)45(36-21-7-2-8-22-36)41-31-29-33-17-13-15-27-39(33)43(41)44-40-28-16-14-18-34(40)30-32-42(44)46(37-23-9-3-10-24-37)38-25-11-4-12-26-38;1-8(2)9-6-4-3-5-7-9;;;;;/h1-32H;3-8H,1-2H3;4*1H;/q;;;;;;+4/p-4. The quantitative estimate of drug-likeness (QED) is 0.161. The Balaban J connectivity index is 0.000000501. The predicted octanol–water partition coefficient (Wildman–Crippen LogP) is 3.69. The van der Waals surface area contributed by atoms with Crippen LogP contribution < -0.4 is 69.0 Å². The summed E-state index contributed by atoms with van der Waals surface area (Å²) in [5.74, 6) is 0.659. The molecular formula is C53H44Cl4P2Ru. The predicted molar refractivity (Wildman–Crippen MR) is 251 cm³/mol. The van der Waals surface area contributed by atoms with Gasteiger partial charge in [-0.2, -0.15) is 0 Å². The van der Waals surface area contributed by atoms with Crippen molar-refractivity contribution >= 4 is 78.9 Å². The maximum atomic E-state index is 4.57. The maximum absolute atomic E-state index is 4.57. The van der Waals surface area contributed by atoms with E-state index < -0.39 is 15.8 Å². The van der Waals surface area contributed by atoms with Crippen LogP contribution in [0.4, 0.5) is 0 Å². The Morgan fingerprint density at radius 2 is 0.600 bits per heavy atom. The minimum atomic E-state index is -0.852. The zero-order chi connectivity index (χ0) is 39.4. The fraction of sp³-hybridized carbons (Fsp3) is 0.0566. The van der Waals surface area contributed by atoms with Gasteiger partial charge in [-0.25, -0.2) is 0 Å². The molecule has 0 amide bonds. The molecular weight excluding hydrogens is 941 g/mol. The van der Waals surface area contributed by atoms with E-state index in [1.807, 2.05) is 23.4 Å². The van der Waals surface area contributed by atoms with E-state index in [1.54, 1.807) is 0 Å². The molecule has 7 heteroatoms. The molecule has 0 unspecified atom stereocenters. The number of fused-ring (bicyclic) bond motifs is 2. The van der Waals surface area contributed by atoms with E-state index in [2.05, 4.69) is 242 Å². The van der Waals surface area contributed by atoms with Crippen molar-refractivity contribution in [2.75, 3.05) is 0 Å². The number of halogens is 4. The van der Waals surface area contributed by atoms with E-state index in [0.29, 0.717) is 5.92 Å². The monoisotopic (exact) mass is 984 g/mol. The largest absolute Gasteiger partial charge is 0.0622 e. The van der Waals surface area contributed by atoms with Crippen LogP contribution in [-0.4, -0.2) is 0 Å². The van der Waals surface area contributed by atoms with Gasteiger partial charge in [-0.15, -0.1) is 0 Å². The van der Waals surface area contributed by atoms with Gasteiger partial charge in [0.15, 0.2) is 0 Å². The van der Waals surface area contributed by atoms with Crippen LogP contribution in [0.15, 0.2) is 224 Å². The van der Waals surface area contributed by atoms with Crippen LogP contribution in [0.3, 0.4) is 0 Å². The summed E-state index contributed by atoms with van der Waals surface area (Å²) in [7, 11) is 2.86. The Bertz CT molecular complexity index is 2390. The fourth-order valence-electron chi connectivity index (χ4n) is 7.42. The molecule has 0 bridgehead atoms. The first-order valence-electron chi connectivity index (χ1n) is 19.2. The molecule has 0 spiro atoms. The molecule has 9 aromatic carbocycles. The van der Waals surface area contributed by atoms with Gasteiger partial charge in [0.1, 0.15) is 0 Å². The third kappa shape index (κ3) is 11.3. The molecule has 0 nitrogen and oxygen atoms in total. The van der Waals surface area contributed by atoms with E-state index in [-0.39, 0.29) is 37.2 Å². The first kappa shape index (κ1) is 48.8. The molecule has 0 aliphatic rings. The van der Waals surface area contributed by atoms with Crippen LogP contribution in [0, 0.1) is 0 Å². The zero-order valence-corrected chi connectivity index (χ0v) is 39.7. The molecule has 0 atom stereocenters. The van der Waals surface area contributed by atoms with Crippen molar-refractivity contribution in [3.63, 3.8) is 0 Å². The van der Waals surface area contributed by atoms with Crippen LogP contribution in [-0.2, 0) is 17.3 Å². The van der Waals surface area contributed by atoms with Crippen molar-refractivity contribution in [3.05, 3.63) is 230 Å². The topological polar surface area (TPSA) is 0 Å². The van der Waals surface area contributed by atoms with E-state index >= 15 is 0 Å². The SMILES string of the molecule is CC(C)c1ccccc1.[Cl-].[Cl-].[Cl-].[Cl][Ru+3].c1ccc(P(c2ccccc2)c2ccc3ccccc3c2-c2c(P(c3ccccc3)c3ccccc3)ccc3ccccc23)cc1.